The Kier molecular flexibility index (Phi) is 5.19. The summed E-state index contributed by atoms with van der Waals surface area (Å²) in [5.41, 5.74) is 11.8. The van der Waals surface area contributed by atoms with E-state index in [-0.39, 0.29) is 11.4 Å². The van der Waals surface area contributed by atoms with Gasteiger partial charge in [-0.15, -0.1) is 11.3 Å². The van der Waals surface area contributed by atoms with E-state index in [2.05, 4.69) is 52.9 Å². The fourth-order valence-electron chi connectivity index (χ4n) is 5.33. The van der Waals surface area contributed by atoms with Crippen LogP contribution in [0.15, 0.2) is 29.6 Å². The molecule has 1 saturated heterocycles. The number of fused-ring (bicyclic) bond motifs is 2. The van der Waals surface area contributed by atoms with Crippen LogP contribution in [-0.4, -0.2) is 68.1 Å². The van der Waals surface area contributed by atoms with Crippen LogP contribution in [0.2, 0.25) is 0 Å². The molecule has 0 aromatic carbocycles. The van der Waals surface area contributed by atoms with Crippen molar-refractivity contribution in [2.75, 3.05) is 26.2 Å². The number of hydrogen-bond acceptors (Lipinski definition) is 7. The van der Waals surface area contributed by atoms with E-state index in [9.17, 15) is 4.79 Å². The Bertz CT molecular complexity index is 1470. The van der Waals surface area contributed by atoms with Gasteiger partial charge in [-0.05, 0) is 48.9 Å². The van der Waals surface area contributed by atoms with Crippen LogP contribution in [0.25, 0.3) is 27.1 Å². The van der Waals surface area contributed by atoms with E-state index in [1.54, 1.807) is 17.7 Å². The molecule has 9 nitrogen and oxygen atoms in total. The first-order valence-corrected chi connectivity index (χ1v) is 12.8. The number of rotatable bonds is 5. The lowest BCUT2D eigenvalue weighted by molar-refractivity contribution is -0.119. The Balaban J connectivity index is 1.33. The van der Waals surface area contributed by atoms with Gasteiger partial charge in [0, 0.05) is 24.8 Å². The summed E-state index contributed by atoms with van der Waals surface area (Å²) >= 11 is 1.74. The van der Waals surface area contributed by atoms with Crippen molar-refractivity contribution in [3.8, 4) is 11.3 Å². The minimum Gasteiger partial charge on any atom is -0.474 e. The molecule has 1 amide bonds. The second-order valence-electron chi connectivity index (χ2n) is 10.0. The van der Waals surface area contributed by atoms with Crippen molar-refractivity contribution in [2.45, 2.75) is 45.1 Å². The first kappa shape index (κ1) is 22.2. The Morgan fingerprint density at radius 1 is 1.31 bits per heavy atom. The molecule has 0 saturated carbocycles. The number of aryl methyl sites for hydroxylation is 1. The minimum absolute atomic E-state index is 0.196. The maximum absolute atomic E-state index is 11.2. The van der Waals surface area contributed by atoms with Crippen LogP contribution in [0.3, 0.4) is 0 Å². The zero-order chi connectivity index (χ0) is 24.3. The van der Waals surface area contributed by atoms with E-state index in [1.807, 2.05) is 10.7 Å². The van der Waals surface area contributed by atoms with Gasteiger partial charge in [-0.1, -0.05) is 13.8 Å². The van der Waals surface area contributed by atoms with Crippen LogP contribution in [0, 0.1) is 6.92 Å². The number of aliphatic imine (C=N–C) groups is 1. The molecule has 3 N–H and O–H groups in total. The Hall–Kier alpha value is -3.24. The summed E-state index contributed by atoms with van der Waals surface area (Å²) in [5, 5.41) is 4.34. The van der Waals surface area contributed by atoms with E-state index in [0.29, 0.717) is 19.1 Å². The van der Waals surface area contributed by atoms with Crippen LogP contribution in [0.4, 0.5) is 0 Å². The molecule has 10 heteroatoms. The third-order valence-corrected chi connectivity index (χ3v) is 8.28. The molecule has 0 atom stereocenters. The Morgan fingerprint density at radius 3 is 2.86 bits per heavy atom. The molecular weight excluding hydrogens is 462 g/mol. The maximum Gasteiger partial charge on any atom is 0.231 e. The highest BCUT2D eigenvalue weighted by Gasteiger charge is 2.40. The van der Waals surface area contributed by atoms with Gasteiger partial charge in [0.15, 0.2) is 5.65 Å². The van der Waals surface area contributed by atoms with Crippen molar-refractivity contribution in [3.05, 3.63) is 40.7 Å². The summed E-state index contributed by atoms with van der Waals surface area (Å²) in [7, 11) is 0. The first-order chi connectivity index (χ1) is 16.8. The SMILES string of the molecule is Cc1cc(-c2[nH]c3cc(C4=NC5(CCN(CC(N)=O)CC5)CO4)sc3c2C(C)C)cn2ncnc12. The molecule has 4 aromatic heterocycles. The number of pyridine rings is 1. The number of thiophene rings is 1. The smallest absolute Gasteiger partial charge is 0.231 e. The van der Waals surface area contributed by atoms with Crippen LogP contribution < -0.4 is 5.73 Å². The summed E-state index contributed by atoms with van der Waals surface area (Å²) in [6.45, 7) is 9.05. The van der Waals surface area contributed by atoms with Gasteiger partial charge in [-0.25, -0.2) is 14.5 Å². The molecule has 4 aromatic rings. The van der Waals surface area contributed by atoms with E-state index in [1.165, 1.54) is 10.3 Å². The predicted octanol–water partition coefficient (Wildman–Crippen LogP) is 3.47. The number of amides is 1. The molecule has 1 fully saturated rings. The lowest BCUT2D eigenvalue weighted by Gasteiger charge is -2.35. The highest BCUT2D eigenvalue weighted by atomic mass is 32.1. The number of ether oxygens (including phenoxy) is 1. The van der Waals surface area contributed by atoms with E-state index in [0.717, 1.165) is 64.7 Å². The molecule has 1 spiro atoms. The van der Waals surface area contributed by atoms with E-state index >= 15 is 0 Å². The topological polar surface area (TPSA) is 114 Å². The van der Waals surface area contributed by atoms with Crippen molar-refractivity contribution in [1.29, 1.82) is 0 Å². The van der Waals surface area contributed by atoms with Gasteiger partial charge in [0.1, 0.15) is 18.5 Å². The highest BCUT2D eigenvalue weighted by molar-refractivity contribution is 7.21. The number of nitrogens with zero attached hydrogens (tertiary/aromatic N) is 5. The van der Waals surface area contributed by atoms with Crippen molar-refractivity contribution in [2.24, 2.45) is 10.7 Å². The lowest BCUT2D eigenvalue weighted by Crippen LogP contribution is -2.46. The number of primary amides is 1. The largest absolute Gasteiger partial charge is 0.474 e. The van der Waals surface area contributed by atoms with Crippen molar-refractivity contribution < 1.29 is 9.53 Å². The minimum atomic E-state index is -0.279. The van der Waals surface area contributed by atoms with E-state index in [4.69, 9.17) is 15.5 Å². The van der Waals surface area contributed by atoms with Crippen molar-refractivity contribution >= 4 is 39.0 Å². The van der Waals surface area contributed by atoms with Crippen LogP contribution >= 0.6 is 11.3 Å². The van der Waals surface area contributed by atoms with Crippen LogP contribution in [-0.2, 0) is 9.53 Å². The molecule has 0 aliphatic carbocycles. The van der Waals surface area contributed by atoms with Gasteiger partial charge >= 0.3 is 0 Å². The standard InChI is InChI=1S/C25H29N7O2S/c1-14(2)20-21(16-8-15(3)23-27-13-28-32(23)10-16)29-17-9-18(35-22(17)20)24-30-25(12-34-24)4-6-31(7-5-25)11-19(26)33/h8-10,13-14,29H,4-7,11-12H2,1-3H3,(H2,26,33). The van der Waals surface area contributed by atoms with E-state index < -0.39 is 0 Å². The second-order valence-corrected chi connectivity index (χ2v) is 11.1. The third kappa shape index (κ3) is 3.81. The second kappa shape index (κ2) is 8.17. The number of aromatic amines is 1. The Labute approximate surface area is 207 Å². The summed E-state index contributed by atoms with van der Waals surface area (Å²) in [6.07, 6.45) is 5.37. The average Bonchev–Trinajstić information content (AvgIpc) is 3.57. The zero-order valence-electron chi connectivity index (χ0n) is 20.2. The molecule has 0 radical (unpaired) electrons. The number of nitrogens with one attached hydrogen (secondary N) is 1. The molecule has 6 heterocycles. The number of H-pyrrole nitrogens is 1. The molecular formula is C25H29N7O2S. The summed E-state index contributed by atoms with van der Waals surface area (Å²) in [4.78, 5) is 27.5. The van der Waals surface area contributed by atoms with Crippen molar-refractivity contribution in [1.82, 2.24) is 24.5 Å². The fraction of sp³-hybridized carbons (Fsp3) is 0.440. The number of likely N-dealkylation sites (tertiary alicyclic amines) is 1. The maximum atomic E-state index is 11.2. The number of carbonyl (C=O) groups is 1. The quantitative estimate of drug-likeness (QED) is 0.444. The monoisotopic (exact) mass is 491 g/mol. The number of carbonyl (C=O) groups excluding carboxylic acids is 1. The van der Waals surface area contributed by atoms with Crippen molar-refractivity contribution in [3.63, 3.8) is 0 Å². The molecule has 0 bridgehead atoms. The normalized spacial score (nSPS) is 18.1. The Morgan fingerprint density at radius 2 is 2.11 bits per heavy atom. The van der Waals surface area contributed by atoms with Gasteiger partial charge in [-0.3, -0.25) is 9.69 Å². The van der Waals surface area contributed by atoms with Gasteiger partial charge in [0.05, 0.1) is 27.3 Å². The van der Waals surface area contributed by atoms with Gasteiger partial charge < -0.3 is 15.5 Å². The summed E-state index contributed by atoms with van der Waals surface area (Å²) in [6, 6.07) is 4.33. The summed E-state index contributed by atoms with van der Waals surface area (Å²) in [5.74, 6) is 0.793. The number of nitrogens with two attached hydrogens (primary N) is 1. The fourth-order valence-corrected chi connectivity index (χ4v) is 6.58. The summed E-state index contributed by atoms with van der Waals surface area (Å²) < 4.78 is 9.21. The van der Waals surface area contributed by atoms with Crippen LogP contribution in [0.5, 0.6) is 0 Å². The molecule has 0 unspecified atom stereocenters. The van der Waals surface area contributed by atoms with Crippen LogP contribution in [0.1, 0.15) is 48.6 Å². The zero-order valence-corrected chi connectivity index (χ0v) is 21.0. The third-order valence-electron chi connectivity index (χ3n) is 7.12. The molecule has 2 aliphatic heterocycles. The van der Waals surface area contributed by atoms with Gasteiger partial charge in [-0.2, -0.15) is 5.10 Å². The molecule has 6 rings (SSSR count). The molecule has 35 heavy (non-hydrogen) atoms. The van der Waals surface area contributed by atoms with Gasteiger partial charge in [0.25, 0.3) is 0 Å². The highest BCUT2D eigenvalue weighted by Crippen LogP contribution is 2.41. The molecule has 182 valence electrons. The lowest BCUT2D eigenvalue weighted by atomic mass is 9.89. The number of aromatic nitrogens is 4. The molecule has 2 aliphatic rings. The predicted molar refractivity (Wildman–Crippen MR) is 137 cm³/mol. The number of hydrogen-bond donors (Lipinski definition) is 2. The average molecular weight is 492 g/mol. The first-order valence-electron chi connectivity index (χ1n) is 12.0. The number of piperidine rings is 1. The van der Waals surface area contributed by atoms with Gasteiger partial charge in [0.2, 0.25) is 11.8 Å².